The van der Waals surface area contributed by atoms with Crippen molar-refractivity contribution >= 4 is 5.82 Å². The molecule has 17 heavy (non-hydrogen) atoms. The van der Waals surface area contributed by atoms with Gasteiger partial charge in [-0.2, -0.15) is 0 Å². The zero-order valence-corrected chi connectivity index (χ0v) is 10.9. The minimum absolute atomic E-state index is 0.0501. The van der Waals surface area contributed by atoms with Gasteiger partial charge in [-0.15, -0.1) is 0 Å². The fourth-order valence-corrected chi connectivity index (χ4v) is 2.80. The highest BCUT2D eigenvalue weighted by atomic mass is 15.2. The first-order valence-corrected chi connectivity index (χ1v) is 6.71. The Balaban J connectivity index is 2.29. The van der Waals surface area contributed by atoms with E-state index < -0.39 is 0 Å². The highest BCUT2D eigenvalue weighted by molar-refractivity contribution is 5.49. The summed E-state index contributed by atoms with van der Waals surface area (Å²) in [6, 6.07) is 4.79. The maximum atomic E-state index is 6.04. The van der Waals surface area contributed by atoms with Crippen molar-refractivity contribution in [3.8, 4) is 0 Å². The van der Waals surface area contributed by atoms with E-state index in [9.17, 15) is 0 Å². The number of nitrogens with two attached hydrogens (primary N) is 1. The molecule has 0 aliphatic heterocycles. The van der Waals surface area contributed by atoms with Crippen molar-refractivity contribution < 1.29 is 0 Å². The minimum atomic E-state index is 0.0501. The smallest absolute Gasteiger partial charge is 0.133 e. The van der Waals surface area contributed by atoms with Crippen molar-refractivity contribution in [2.45, 2.75) is 51.6 Å². The van der Waals surface area contributed by atoms with Gasteiger partial charge in [0.25, 0.3) is 0 Å². The van der Waals surface area contributed by atoms with E-state index in [-0.39, 0.29) is 6.04 Å². The lowest BCUT2D eigenvalue weighted by Gasteiger charge is -2.31. The molecule has 94 valence electrons. The second-order valence-corrected chi connectivity index (χ2v) is 4.93. The maximum Gasteiger partial charge on any atom is 0.133 e. The summed E-state index contributed by atoms with van der Waals surface area (Å²) in [4.78, 5) is 7.00. The van der Waals surface area contributed by atoms with Gasteiger partial charge in [0.1, 0.15) is 5.82 Å². The van der Waals surface area contributed by atoms with E-state index in [2.05, 4.69) is 22.9 Å². The van der Waals surface area contributed by atoms with Crippen molar-refractivity contribution in [1.82, 2.24) is 4.98 Å². The van der Waals surface area contributed by atoms with E-state index in [1.807, 2.05) is 19.2 Å². The molecule has 1 aromatic rings. The van der Waals surface area contributed by atoms with Gasteiger partial charge in [0.05, 0.1) is 0 Å². The monoisotopic (exact) mass is 233 g/mol. The topological polar surface area (TPSA) is 42.2 Å². The molecule has 1 aliphatic rings. The molecule has 0 saturated heterocycles. The standard InChI is InChI=1S/C14H23N3/c1-3-17(12-7-4-5-8-12)14-13(11(2)15)9-6-10-16-14/h6,9-12H,3-5,7-8,15H2,1-2H3/t11-/m1/s1. The van der Waals surface area contributed by atoms with Crippen LogP contribution in [0.2, 0.25) is 0 Å². The van der Waals surface area contributed by atoms with Crippen LogP contribution in [0.25, 0.3) is 0 Å². The maximum absolute atomic E-state index is 6.04. The summed E-state index contributed by atoms with van der Waals surface area (Å²) in [5.74, 6) is 1.09. The Kier molecular flexibility index (Phi) is 4.00. The van der Waals surface area contributed by atoms with Gasteiger partial charge in [0, 0.05) is 30.4 Å². The highest BCUT2D eigenvalue weighted by Crippen LogP contribution is 2.30. The molecule has 1 saturated carbocycles. The molecule has 0 radical (unpaired) electrons. The molecular formula is C14H23N3. The van der Waals surface area contributed by atoms with E-state index in [1.54, 1.807) is 0 Å². The van der Waals surface area contributed by atoms with E-state index in [0.29, 0.717) is 6.04 Å². The fraction of sp³-hybridized carbons (Fsp3) is 0.643. The molecular weight excluding hydrogens is 210 g/mol. The third-order valence-corrected chi connectivity index (χ3v) is 3.69. The summed E-state index contributed by atoms with van der Waals surface area (Å²) in [7, 11) is 0. The molecule has 1 aliphatic carbocycles. The number of hydrogen-bond acceptors (Lipinski definition) is 3. The average molecular weight is 233 g/mol. The minimum Gasteiger partial charge on any atom is -0.354 e. The summed E-state index contributed by atoms with van der Waals surface area (Å²) in [6.07, 6.45) is 7.16. The summed E-state index contributed by atoms with van der Waals surface area (Å²) in [5, 5.41) is 0. The van der Waals surface area contributed by atoms with Crippen LogP contribution in [0.3, 0.4) is 0 Å². The number of hydrogen-bond donors (Lipinski definition) is 1. The molecule has 1 fully saturated rings. The Morgan fingerprint density at radius 3 is 2.76 bits per heavy atom. The predicted octanol–water partition coefficient (Wildman–Crippen LogP) is 2.87. The molecule has 0 aromatic carbocycles. The highest BCUT2D eigenvalue weighted by Gasteiger charge is 2.24. The SMILES string of the molecule is CCN(c1ncccc1[C@@H](C)N)C1CCCC1. The number of aromatic nitrogens is 1. The zero-order chi connectivity index (χ0) is 12.3. The Bertz CT molecular complexity index is 356. The van der Waals surface area contributed by atoms with Gasteiger partial charge in [0.15, 0.2) is 0 Å². The molecule has 1 aromatic heterocycles. The molecule has 0 bridgehead atoms. The van der Waals surface area contributed by atoms with Crippen molar-refractivity contribution in [2.75, 3.05) is 11.4 Å². The van der Waals surface area contributed by atoms with Gasteiger partial charge in [-0.05, 0) is 32.8 Å². The number of anilines is 1. The van der Waals surface area contributed by atoms with Gasteiger partial charge in [-0.25, -0.2) is 4.98 Å². The van der Waals surface area contributed by atoms with Crippen LogP contribution in [0.15, 0.2) is 18.3 Å². The van der Waals surface area contributed by atoms with Crippen LogP contribution in [0, 0.1) is 0 Å². The van der Waals surface area contributed by atoms with E-state index >= 15 is 0 Å². The van der Waals surface area contributed by atoms with Crippen LogP contribution in [0.1, 0.15) is 51.1 Å². The lowest BCUT2D eigenvalue weighted by molar-refractivity contribution is 0.606. The van der Waals surface area contributed by atoms with Gasteiger partial charge in [0.2, 0.25) is 0 Å². The van der Waals surface area contributed by atoms with E-state index in [1.165, 1.54) is 31.2 Å². The van der Waals surface area contributed by atoms with Crippen molar-refractivity contribution in [3.05, 3.63) is 23.9 Å². The van der Waals surface area contributed by atoms with Gasteiger partial charge >= 0.3 is 0 Å². The largest absolute Gasteiger partial charge is 0.354 e. The van der Waals surface area contributed by atoms with Crippen LogP contribution < -0.4 is 10.6 Å². The van der Waals surface area contributed by atoms with Crippen molar-refractivity contribution in [3.63, 3.8) is 0 Å². The number of nitrogens with zero attached hydrogens (tertiary/aromatic N) is 2. The zero-order valence-electron chi connectivity index (χ0n) is 10.9. The second kappa shape index (κ2) is 5.50. The first kappa shape index (κ1) is 12.4. The molecule has 0 amide bonds. The molecule has 3 heteroatoms. The van der Waals surface area contributed by atoms with E-state index in [4.69, 9.17) is 5.73 Å². The molecule has 2 N–H and O–H groups in total. The summed E-state index contributed by atoms with van der Waals surface area (Å²) < 4.78 is 0. The number of pyridine rings is 1. The van der Waals surface area contributed by atoms with Crippen LogP contribution in [-0.4, -0.2) is 17.6 Å². The molecule has 1 atom stereocenters. The average Bonchev–Trinajstić information content (AvgIpc) is 2.84. The summed E-state index contributed by atoms with van der Waals surface area (Å²) >= 11 is 0. The lowest BCUT2D eigenvalue weighted by atomic mass is 10.1. The Morgan fingerprint density at radius 1 is 1.47 bits per heavy atom. The predicted molar refractivity (Wildman–Crippen MR) is 72.1 cm³/mol. The Hall–Kier alpha value is -1.09. The van der Waals surface area contributed by atoms with Crippen molar-refractivity contribution in [2.24, 2.45) is 5.73 Å². The lowest BCUT2D eigenvalue weighted by Crippen LogP contribution is -2.35. The summed E-state index contributed by atoms with van der Waals surface area (Å²) in [5.41, 5.74) is 7.21. The van der Waals surface area contributed by atoms with Crippen molar-refractivity contribution in [1.29, 1.82) is 0 Å². The quantitative estimate of drug-likeness (QED) is 0.869. The molecule has 3 nitrogen and oxygen atoms in total. The first-order chi connectivity index (χ1) is 8.24. The third-order valence-electron chi connectivity index (χ3n) is 3.69. The Labute approximate surface area is 104 Å². The molecule has 1 heterocycles. The van der Waals surface area contributed by atoms with Crippen LogP contribution >= 0.6 is 0 Å². The van der Waals surface area contributed by atoms with Gasteiger partial charge in [-0.3, -0.25) is 0 Å². The van der Waals surface area contributed by atoms with Gasteiger partial charge < -0.3 is 10.6 Å². The summed E-state index contributed by atoms with van der Waals surface area (Å²) in [6.45, 7) is 5.25. The molecule has 2 rings (SSSR count). The normalized spacial score (nSPS) is 18.3. The van der Waals surface area contributed by atoms with E-state index in [0.717, 1.165) is 12.4 Å². The Morgan fingerprint density at radius 2 is 2.18 bits per heavy atom. The molecule has 0 spiro atoms. The third kappa shape index (κ3) is 2.60. The first-order valence-electron chi connectivity index (χ1n) is 6.71. The fourth-order valence-electron chi connectivity index (χ4n) is 2.80. The van der Waals surface area contributed by atoms with Gasteiger partial charge in [-0.1, -0.05) is 18.9 Å². The van der Waals surface area contributed by atoms with Crippen LogP contribution in [0.5, 0.6) is 0 Å². The van der Waals surface area contributed by atoms with Crippen LogP contribution in [-0.2, 0) is 0 Å². The molecule has 0 unspecified atom stereocenters. The second-order valence-electron chi connectivity index (χ2n) is 4.93. The number of rotatable bonds is 4. The van der Waals surface area contributed by atoms with Crippen LogP contribution in [0.4, 0.5) is 5.82 Å².